The number of carbonyl (C=O) groups excluding carboxylic acids is 2. The molecule has 0 saturated carbocycles. The number of Topliss-reactive ketones (excluding diaryl/α,β-unsaturated/α-hetero) is 1. The van der Waals surface area contributed by atoms with Gasteiger partial charge in [0.05, 0.1) is 15.5 Å². The lowest BCUT2D eigenvalue weighted by atomic mass is 9.98. The highest BCUT2D eigenvalue weighted by Crippen LogP contribution is 2.24. The smallest absolute Gasteiger partial charge is 0.255 e. The number of carbonyl (C=O) groups is 2. The second-order valence-electron chi connectivity index (χ2n) is 6.29. The first-order chi connectivity index (χ1) is 11.1. The number of nitrogens with one attached hydrogen (secondary N) is 1. The Balaban J connectivity index is 2.32. The lowest BCUT2D eigenvalue weighted by molar-refractivity contribution is -0.124. The van der Waals surface area contributed by atoms with E-state index in [1.807, 2.05) is 0 Å². The van der Waals surface area contributed by atoms with Gasteiger partial charge in [-0.2, -0.15) is 0 Å². The molecular formula is C16H21ClN2O4S. The van der Waals surface area contributed by atoms with Crippen LogP contribution in [0.3, 0.4) is 0 Å². The number of halogens is 1. The summed E-state index contributed by atoms with van der Waals surface area (Å²) in [5.41, 5.74) is 0.129. The minimum absolute atomic E-state index is 0.00918. The summed E-state index contributed by atoms with van der Waals surface area (Å²) in [6.07, 6.45) is 0.303. The van der Waals surface area contributed by atoms with Gasteiger partial charge in [-0.25, -0.2) is 13.1 Å². The second-order valence-corrected chi connectivity index (χ2v) is 8.41. The van der Waals surface area contributed by atoms with Crippen LogP contribution in [0.1, 0.15) is 37.6 Å². The Morgan fingerprint density at radius 2 is 2.04 bits per heavy atom. The predicted octanol–water partition coefficient (Wildman–Crippen LogP) is 2.08. The van der Waals surface area contributed by atoms with Crippen LogP contribution in [0.25, 0.3) is 0 Å². The number of hydrogen-bond acceptors (Lipinski definition) is 4. The summed E-state index contributed by atoms with van der Waals surface area (Å²) in [6, 6.07) is 3.80. The summed E-state index contributed by atoms with van der Waals surface area (Å²) in [6.45, 7) is 5.84. The number of benzene rings is 1. The third kappa shape index (κ3) is 4.15. The van der Waals surface area contributed by atoms with Gasteiger partial charge in [-0.05, 0) is 32.0 Å². The fourth-order valence-electron chi connectivity index (χ4n) is 2.58. The highest BCUT2D eigenvalue weighted by Gasteiger charge is 2.29. The lowest BCUT2D eigenvalue weighted by Gasteiger charge is -2.30. The molecule has 1 N–H and O–H groups in total. The van der Waals surface area contributed by atoms with Gasteiger partial charge in [-0.15, -0.1) is 0 Å². The summed E-state index contributed by atoms with van der Waals surface area (Å²) in [5, 5.41) is 0.188. The van der Waals surface area contributed by atoms with Gasteiger partial charge in [0, 0.05) is 31.5 Å². The van der Waals surface area contributed by atoms with E-state index in [1.165, 1.54) is 18.2 Å². The molecule has 1 aromatic carbocycles. The highest BCUT2D eigenvalue weighted by atomic mass is 35.5. The van der Waals surface area contributed by atoms with Crippen LogP contribution >= 0.6 is 11.6 Å². The second kappa shape index (κ2) is 7.21. The largest absolute Gasteiger partial charge is 0.337 e. The maximum Gasteiger partial charge on any atom is 0.255 e. The van der Waals surface area contributed by atoms with Gasteiger partial charge in [0.1, 0.15) is 5.78 Å². The van der Waals surface area contributed by atoms with Gasteiger partial charge >= 0.3 is 0 Å². The van der Waals surface area contributed by atoms with Crippen LogP contribution < -0.4 is 4.72 Å². The van der Waals surface area contributed by atoms with E-state index in [1.54, 1.807) is 25.7 Å². The van der Waals surface area contributed by atoms with Gasteiger partial charge in [0.2, 0.25) is 10.0 Å². The molecule has 8 heteroatoms. The van der Waals surface area contributed by atoms with Crippen LogP contribution in [0.2, 0.25) is 5.02 Å². The Bertz CT molecular complexity index is 761. The van der Waals surface area contributed by atoms with Crippen molar-refractivity contribution in [1.29, 1.82) is 0 Å². The first-order valence-electron chi connectivity index (χ1n) is 7.75. The van der Waals surface area contributed by atoms with Gasteiger partial charge < -0.3 is 4.90 Å². The van der Waals surface area contributed by atoms with Crippen molar-refractivity contribution in [3.05, 3.63) is 28.8 Å². The molecular weight excluding hydrogens is 352 g/mol. The van der Waals surface area contributed by atoms with Crippen LogP contribution in [0, 0.1) is 5.92 Å². The zero-order chi connectivity index (χ0) is 18.1. The molecule has 132 valence electrons. The van der Waals surface area contributed by atoms with Gasteiger partial charge in [0.25, 0.3) is 5.91 Å². The van der Waals surface area contributed by atoms with E-state index in [0.717, 1.165) is 0 Å². The van der Waals surface area contributed by atoms with E-state index in [-0.39, 0.29) is 39.1 Å². The highest BCUT2D eigenvalue weighted by molar-refractivity contribution is 7.89. The third-order valence-electron chi connectivity index (χ3n) is 3.83. The van der Waals surface area contributed by atoms with Crippen molar-refractivity contribution in [2.24, 2.45) is 5.92 Å². The maximum atomic E-state index is 12.7. The fraction of sp³-hybridized carbons (Fsp3) is 0.500. The average Bonchev–Trinajstić information content (AvgIpc) is 2.48. The molecule has 1 aliphatic heterocycles. The minimum Gasteiger partial charge on any atom is -0.337 e. The van der Waals surface area contributed by atoms with Crippen molar-refractivity contribution in [2.75, 3.05) is 13.1 Å². The molecule has 1 amide bonds. The number of rotatable bonds is 4. The summed E-state index contributed by atoms with van der Waals surface area (Å²) >= 11 is 6.10. The number of sulfonamides is 1. The molecule has 0 radical (unpaired) electrons. The maximum absolute atomic E-state index is 12.7. The number of nitrogens with zero attached hydrogens (tertiary/aromatic N) is 1. The normalized spacial score (nSPS) is 19.0. The monoisotopic (exact) mass is 372 g/mol. The molecule has 24 heavy (non-hydrogen) atoms. The number of piperidine rings is 1. The lowest BCUT2D eigenvalue weighted by Crippen LogP contribution is -2.43. The molecule has 1 unspecified atom stereocenters. The molecule has 0 aliphatic carbocycles. The minimum atomic E-state index is -3.72. The Kier molecular flexibility index (Phi) is 5.67. The average molecular weight is 373 g/mol. The summed E-state index contributed by atoms with van der Waals surface area (Å²) < 4.78 is 27.0. The fourth-order valence-corrected chi connectivity index (χ4v) is 4.06. The van der Waals surface area contributed by atoms with Gasteiger partial charge in [-0.3, -0.25) is 9.59 Å². The molecule has 1 atom stereocenters. The predicted molar refractivity (Wildman–Crippen MR) is 91.6 cm³/mol. The Labute approximate surface area is 147 Å². The molecule has 1 aromatic rings. The van der Waals surface area contributed by atoms with E-state index >= 15 is 0 Å². The number of amides is 1. The van der Waals surface area contributed by atoms with Crippen LogP contribution in [-0.4, -0.2) is 44.1 Å². The topological polar surface area (TPSA) is 83.6 Å². The first kappa shape index (κ1) is 18.9. The Morgan fingerprint density at radius 1 is 1.38 bits per heavy atom. The van der Waals surface area contributed by atoms with Crippen LogP contribution in [0.5, 0.6) is 0 Å². The van der Waals surface area contributed by atoms with Crippen LogP contribution in [0.4, 0.5) is 0 Å². The van der Waals surface area contributed by atoms with E-state index in [2.05, 4.69) is 4.72 Å². The summed E-state index contributed by atoms with van der Waals surface area (Å²) in [4.78, 5) is 25.8. The number of likely N-dealkylation sites (tertiary alicyclic amines) is 1. The standard InChI is InChI=1S/C16H21ClN2O4S/c1-10(2)18-24(22,23)12-4-5-14(17)13(8-12)16(21)19-7-6-15(20)11(3)9-19/h4-5,8,10-11,18H,6-7,9H2,1-3H3. The molecule has 6 nitrogen and oxygen atoms in total. The van der Waals surface area contributed by atoms with E-state index in [9.17, 15) is 18.0 Å². The molecule has 0 spiro atoms. The number of ketones is 1. The van der Waals surface area contributed by atoms with E-state index in [0.29, 0.717) is 19.5 Å². The molecule has 2 rings (SSSR count). The first-order valence-corrected chi connectivity index (χ1v) is 9.62. The molecule has 0 aromatic heterocycles. The van der Waals surface area contributed by atoms with Crippen molar-refractivity contribution < 1.29 is 18.0 Å². The molecule has 1 fully saturated rings. The van der Waals surface area contributed by atoms with Crippen molar-refractivity contribution >= 4 is 33.3 Å². The van der Waals surface area contributed by atoms with Crippen molar-refractivity contribution in [3.8, 4) is 0 Å². The molecule has 0 bridgehead atoms. The van der Waals surface area contributed by atoms with Crippen molar-refractivity contribution in [3.63, 3.8) is 0 Å². The molecule has 1 heterocycles. The SMILES string of the molecule is CC(C)NS(=O)(=O)c1ccc(Cl)c(C(=O)N2CCC(=O)C(C)C2)c1. The quantitative estimate of drug-likeness (QED) is 0.877. The molecule has 1 saturated heterocycles. The van der Waals surface area contributed by atoms with Crippen molar-refractivity contribution in [2.45, 2.75) is 38.1 Å². The third-order valence-corrected chi connectivity index (χ3v) is 5.81. The van der Waals surface area contributed by atoms with Crippen LogP contribution in [0.15, 0.2) is 23.1 Å². The number of hydrogen-bond donors (Lipinski definition) is 1. The van der Waals surface area contributed by atoms with E-state index in [4.69, 9.17) is 11.6 Å². The summed E-state index contributed by atoms with van der Waals surface area (Å²) in [5.74, 6) is -0.459. The summed E-state index contributed by atoms with van der Waals surface area (Å²) in [7, 11) is -3.72. The van der Waals surface area contributed by atoms with E-state index < -0.39 is 10.0 Å². The van der Waals surface area contributed by atoms with Gasteiger partial charge in [0.15, 0.2) is 0 Å². The zero-order valence-electron chi connectivity index (χ0n) is 13.9. The van der Waals surface area contributed by atoms with Crippen molar-refractivity contribution in [1.82, 2.24) is 9.62 Å². The Morgan fingerprint density at radius 3 is 2.62 bits per heavy atom. The van der Waals surface area contributed by atoms with Gasteiger partial charge in [-0.1, -0.05) is 18.5 Å². The van der Waals surface area contributed by atoms with Crippen LogP contribution in [-0.2, 0) is 14.8 Å². The molecule has 1 aliphatic rings. The zero-order valence-corrected chi connectivity index (χ0v) is 15.4. The Hall–Kier alpha value is -1.44.